The molecule has 1 saturated heterocycles. The molecular weight excluding hydrogens is 456 g/mol. The number of aromatic nitrogens is 1. The normalized spacial score (nSPS) is 15.2. The average molecular weight is 478 g/mol. The van der Waals surface area contributed by atoms with Crippen molar-refractivity contribution in [1.82, 2.24) is 14.2 Å². The Morgan fingerprint density at radius 3 is 2.38 bits per heavy atom. The molecular formula is C22H21F2N3O3S2. The molecule has 0 spiro atoms. The van der Waals surface area contributed by atoms with Gasteiger partial charge in [0.1, 0.15) is 27.2 Å². The van der Waals surface area contributed by atoms with Gasteiger partial charge in [-0.25, -0.2) is 22.2 Å². The third kappa shape index (κ3) is 4.43. The molecule has 0 radical (unpaired) electrons. The first-order valence-corrected chi connectivity index (χ1v) is 12.4. The molecule has 1 aliphatic heterocycles. The Bertz CT molecular complexity index is 1240. The van der Waals surface area contributed by atoms with Crippen molar-refractivity contribution < 1.29 is 22.0 Å². The van der Waals surface area contributed by atoms with E-state index in [0.717, 1.165) is 33.4 Å². The molecule has 0 atom stereocenters. The number of hydrogen-bond donors (Lipinski definition) is 0. The molecule has 0 saturated carbocycles. The number of piperazine rings is 1. The Balaban J connectivity index is 1.43. The van der Waals surface area contributed by atoms with Crippen LogP contribution in [0.3, 0.4) is 0 Å². The SMILES string of the molecule is CCc1ccc(-c2nc(C(=O)N3CCN(S(=O)(=O)c4ccc(F)cc4F)CC3)cs2)cc1. The first kappa shape index (κ1) is 22.5. The lowest BCUT2D eigenvalue weighted by molar-refractivity contribution is 0.0692. The fourth-order valence-corrected chi connectivity index (χ4v) is 5.77. The number of amides is 1. The zero-order valence-electron chi connectivity index (χ0n) is 17.3. The van der Waals surface area contributed by atoms with Crippen LogP contribution < -0.4 is 0 Å². The summed E-state index contributed by atoms with van der Waals surface area (Å²) < 4.78 is 53.7. The number of nitrogens with zero attached hydrogens (tertiary/aromatic N) is 3. The third-order valence-electron chi connectivity index (χ3n) is 5.37. The first-order chi connectivity index (χ1) is 15.3. The van der Waals surface area contributed by atoms with Crippen molar-refractivity contribution in [1.29, 1.82) is 0 Å². The number of sulfonamides is 1. The predicted molar refractivity (Wildman–Crippen MR) is 118 cm³/mol. The highest BCUT2D eigenvalue weighted by atomic mass is 32.2. The molecule has 1 amide bonds. The number of halogens is 2. The highest BCUT2D eigenvalue weighted by Gasteiger charge is 2.32. The molecule has 0 unspecified atom stereocenters. The summed E-state index contributed by atoms with van der Waals surface area (Å²) in [5.41, 5.74) is 2.46. The molecule has 1 fully saturated rings. The summed E-state index contributed by atoms with van der Waals surface area (Å²) in [5.74, 6) is -2.26. The minimum atomic E-state index is -4.12. The average Bonchev–Trinajstić information content (AvgIpc) is 3.29. The zero-order valence-corrected chi connectivity index (χ0v) is 18.9. The lowest BCUT2D eigenvalue weighted by atomic mass is 10.1. The van der Waals surface area contributed by atoms with Crippen LogP contribution in [0.2, 0.25) is 0 Å². The van der Waals surface area contributed by atoms with Gasteiger partial charge in [-0.2, -0.15) is 4.31 Å². The highest BCUT2D eigenvalue weighted by molar-refractivity contribution is 7.89. The van der Waals surface area contributed by atoms with E-state index in [2.05, 4.69) is 11.9 Å². The Labute approximate surface area is 189 Å². The summed E-state index contributed by atoms with van der Waals surface area (Å²) >= 11 is 1.38. The standard InChI is InChI=1S/C22H21F2N3O3S2/c1-2-15-3-5-16(6-4-15)21-25-19(14-31-21)22(28)26-9-11-27(12-10-26)32(29,30)20-8-7-17(23)13-18(20)24/h3-8,13-14H,2,9-12H2,1H3. The second-order valence-corrected chi connectivity index (χ2v) is 10.1. The number of benzene rings is 2. The molecule has 1 aromatic heterocycles. The van der Waals surface area contributed by atoms with Crippen LogP contribution in [0.1, 0.15) is 23.0 Å². The molecule has 3 aromatic rings. The van der Waals surface area contributed by atoms with Crippen molar-refractivity contribution in [3.8, 4) is 10.6 Å². The van der Waals surface area contributed by atoms with E-state index in [1.165, 1.54) is 21.8 Å². The number of carbonyl (C=O) groups is 1. The summed E-state index contributed by atoms with van der Waals surface area (Å²) in [6.45, 7) is 2.41. The lowest BCUT2D eigenvalue weighted by Gasteiger charge is -2.33. The molecule has 0 aliphatic carbocycles. The second-order valence-electron chi connectivity index (χ2n) is 7.36. The molecule has 10 heteroatoms. The van der Waals surface area contributed by atoms with Gasteiger partial charge in [-0.3, -0.25) is 4.79 Å². The topological polar surface area (TPSA) is 70.6 Å². The van der Waals surface area contributed by atoms with Gasteiger partial charge in [0.25, 0.3) is 5.91 Å². The quantitative estimate of drug-likeness (QED) is 0.561. The van der Waals surface area contributed by atoms with E-state index in [1.54, 1.807) is 5.38 Å². The summed E-state index contributed by atoms with van der Waals surface area (Å²) in [4.78, 5) is 18.3. The van der Waals surface area contributed by atoms with E-state index in [4.69, 9.17) is 0 Å². The zero-order chi connectivity index (χ0) is 22.9. The van der Waals surface area contributed by atoms with E-state index in [-0.39, 0.29) is 32.1 Å². The molecule has 168 valence electrons. The van der Waals surface area contributed by atoms with Crippen molar-refractivity contribution in [3.05, 3.63) is 70.7 Å². The molecule has 32 heavy (non-hydrogen) atoms. The molecule has 0 bridgehead atoms. The van der Waals surface area contributed by atoms with Crippen molar-refractivity contribution in [2.75, 3.05) is 26.2 Å². The number of thiazole rings is 1. The minimum absolute atomic E-state index is 0.0142. The molecule has 4 rings (SSSR count). The Morgan fingerprint density at radius 2 is 1.75 bits per heavy atom. The van der Waals surface area contributed by atoms with Crippen molar-refractivity contribution in [3.63, 3.8) is 0 Å². The second kappa shape index (κ2) is 9.05. The lowest BCUT2D eigenvalue weighted by Crippen LogP contribution is -2.50. The largest absolute Gasteiger partial charge is 0.335 e. The smallest absolute Gasteiger partial charge is 0.273 e. The van der Waals surface area contributed by atoms with Crippen LogP contribution in [-0.4, -0.2) is 54.7 Å². The number of hydrogen-bond acceptors (Lipinski definition) is 5. The van der Waals surface area contributed by atoms with Crippen molar-refractivity contribution in [2.45, 2.75) is 18.2 Å². The Kier molecular flexibility index (Phi) is 6.36. The van der Waals surface area contributed by atoms with Crippen molar-refractivity contribution in [2.24, 2.45) is 0 Å². The maximum atomic E-state index is 14.0. The van der Waals surface area contributed by atoms with Gasteiger partial charge in [0.05, 0.1) is 0 Å². The molecule has 6 nitrogen and oxygen atoms in total. The fraction of sp³-hybridized carbons (Fsp3) is 0.273. The van der Waals surface area contributed by atoms with E-state index in [9.17, 15) is 22.0 Å². The summed E-state index contributed by atoms with van der Waals surface area (Å²) in [7, 11) is -4.12. The number of rotatable bonds is 5. The highest BCUT2D eigenvalue weighted by Crippen LogP contribution is 2.26. The van der Waals surface area contributed by atoms with E-state index >= 15 is 0 Å². The van der Waals surface area contributed by atoms with Gasteiger partial charge < -0.3 is 4.90 Å². The number of aryl methyl sites for hydroxylation is 1. The van der Waals surface area contributed by atoms with Gasteiger partial charge >= 0.3 is 0 Å². The molecule has 1 aliphatic rings. The van der Waals surface area contributed by atoms with Crippen LogP contribution in [0.5, 0.6) is 0 Å². The Morgan fingerprint density at radius 1 is 1.06 bits per heavy atom. The van der Waals surface area contributed by atoms with E-state index in [0.29, 0.717) is 11.8 Å². The van der Waals surface area contributed by atoms with Crippen LogP contribution in [0, 0.1) is 11.6 Å². The van der Waals surface area contributed by atoms with Gasteiger partial charge in [0.15, 0.2) is 0 Å². The molecule has 2 aromatic carbocycles. The third-order valence-corrected chi connectivity index (χ3v) is 8.19. The maximum absolute atomic E-state index is 14.0. The van der Waals surface area contributed by atoms with Gasteiger partial charge in [-0.1, -0.05) is 31.2 Å². The molecule has 2 heterocycles. The monoisotopic (exact) mass is 477 g/mol. The van der Waals surface area contributed by atoms with Gasteiger partial charge in [0, 0.05) is 43.2 Å². The van der Waals surface area contributed by atoms with Crippen LogP contribution in [0.4, 0.5) is 8.78 Å². The molecule has 0 N–H and O–H groups in total. The van der Waals surface area contributed by atoms with E-state index < -0.39 is 26.6 Å². The van der Waals surface area contributed by atoms with E-state index in [1.807, 2.05) is 24.3 Å². The van der Waals surface area contributed by atoms with Crippen LogP contribution in [-0.2, 0) is 16.4 Å². The first-order valence-electron chi connectivity index (χ1n) is 10.1. The van der Waals surface area contributed by atoms with Gasteiger partial charge in [0.2, 0.25) is 10.0 Å². The summed E-state index contributed by atoms with van der Waals surface area (Å²) in [6.07, 6.45) is 0.942. The summed E-state index contributed by atoms with van der Waals surface area (Å²) in [6, 6.07) is 10.4. The van der Waals surface area contributed by atoms with Crippen LogP contribution in [0.15, 0.2) is 52.7 Å². The Hall–Kier alpha value is -2.69. The minimum Gasteiger partial charge on any atom is -0.335 e. The fourth-order valence-electron chi connectivity index (χ4n) is 3.50. The maximum Gasteiger partial charge on any atom is 0.273 e. The summed E-state index contributed by atoms with van der Waals surface area (Å²) in [5, 5.41) is 2.44. The van der Waals surface area contributed by atoms with Gasteiger partial charge in [-0.05, 0) is 24.1 Å². The van der Waals surface area contributed by atoms with Crippen LogP contribution in [0.25, 0.3) is 10.6 Å². The number of carbonyl (C=O) groups excluding carboxylic acids is 1. The van der Waals surface area contributed by atoms with Gasteiger partial charge in [-0.15, -0.1) is 11.3 Å². The predicted octanol–water partition coefficient (Wildman–Crippen LogP) is 3.80. The van der Waals surface area contributed by atoms with Crippen LogP contribution >= 0.6 is 11.3 Å². The van der Waals surface area contributed by atoms with Crippen molar-refractivity contribution >= 4 is 27.3 Å².